The number of aromatic nitrogens is 2. The molecule has 2 aromatic carbocycles. The molecule has 1 amide bonds. The number of nitrogens with one attached hydrogen (secondary N) is 2. The molecule has 1 aliphatic heterocycles. The summed E-state index contributed by atoms with van der Waals surface area (Å²) in [5.74, 6) is -0.0947. The van der Waals surface area contributed by atoms with Crippen molar-refractivity contribution in [3.63, 3.8) is 0 Å². The monoisotopic (exact) mass is 411 g/mol. The molecule has 2 N–H and O–H groups in total. The van der Waals surface area contributed by atoms with E-state index < -0.39 is 0 Å². The summed E-state index contributed by atoms with van der Waals surface area (Å²) in [4.78, 5) is 24.9. The molecule has 1 aliphatic rings. The van der Waals surface area contributed by atoms with Crippen LogP contribution in [0.1, 0.15) is 16.1 Å². The number of benzene rings is 2. The average molecular weight is 412 g/mol. The van der Waals surface area contributed by atoms with Gasteiger partial charge in [0.25, 0.3) is 5.91 Å². The van der Waals surface area contributed by atoms with Crippen molar-refractivity contribution in [3.8, 4) is 0 Å². The number of carbonyl (C=O) groups is 1. The molecule has 1 saturated heterocycles. The molecule has 6 nitrogen and oxygen atoms in total. The number of pyridine rings is 1. The van der Waals surface area contributed by atoms with Crippen molar-refractivity contribution in [3.05, 3.63) is 90.4 Å². The number of hydrogen-bond donors (Lipinski definition) is 2. The molecule has 156 valence electrons. The summed E-state index contributed by atoms with van der Waals surface area (Å²) in [6.45, 7) is 4.97. The Morgan fingerprint density at radius 1 is 0.935 bits per heavy atom. The lowest BCUT2D eigenvalue weighted by molar-refractivity contribution is 0.102. The van der Waals surface area contributed by atoms with Crippen molar-refractivity contribution in [1.82, 2.24) is 14.9 Å². The minimum atomic E-state index is -0.0947. The molecule has 0 spiro atoms. The van der Waals surface area contributed by atoms with Crippen LogP contribution in [-0.2, 0) is 6.54 Å². The molecular formula is C25H25N5O. The first-order valence-corrected chi connectivity index (χ1v) is 10.6. The van der Waals surface area contributed by atoms with Crippen LogP contribution in [0, 0.1) is 0 Å². The second-order valence-corrected chi connectivity index (χ2v) is 7.89. The number of H-pyrrole nitrogens is 1. The first-order valence-electron chi connectivity index (χ1n) is 10.6. The largest absolute Gasteiger partial charge is 0.369 e. The molecule has 0 bridgehead atoms. The van der Waals surface area contributed by atoms with Gasteiger partial charge in [-0.2, -0.15) is 0 Å². The van der Waals surface area contributed by atoms with Gasteiger partial charge in [-0.1, -0.05) is 18.2 Å². The van der Waals surface area contributed by atoms with Crippen molar-refractivity contribution in [2.45, 2.75) is 6.54 Å². The Morgan fingerprint density at radius 3 is 2.48 bits per heavy atom. The van der Waals surface area contributed by atoms with Gasteiger partial charge in [-0.05, 0) is 48.5 Å². The van der Waals surface area contributed by atoms with Gasteiger partial charge in [-0.15, -0.1) is 0 Å². The number of nitrogens with zero attached hydrogens (tertiary/aromatic N) is 3. The van der Waals surface area contributed by atoms with E-state index in [1.165, 1.54) is 11.4 Å². The molecule has 0 aliphatic carbocycles. The van der Waals surface area contributed by atoms with Crippen LogP contribution in [0.2, 0.25) is 0 Å². The number of rotatable bonds is 5. The lowest BCUT2D eigenvalue weighted by Gasteiger charge is -2.35. The SMILES string of the molecule is O=C(Nc1ccc2[nH]c(CN3CCN(c4ccncc4)CC3)cc2c1)c1ccccc1. The summed E-state index contributed by atoms with van der Waals surface area (Å²) in [6, 6.07) is 21.6. The summed E-state index contributed by atoms with van der Waals surface area (Å²) in [5, 5.41) is 4.10. The van der Waals surface area contributed by atoms with E-state index in [1.807, 2.05) is 60.9 Å². The van der Waals surface area contributed by atoms with Crippen molar-refractivity contribution < 1.29 is 4.79 Å². The number of fused-ring (bicyclic) bond motifs is 1. The third-order valence-electron chi connectivity index (χ3n) is 5.76. The lowest BCUT2D eigenvalue weighted by Crippen LogP contribution is -2.46. The molecule has 0 saturated carbocycles. The summed E-state index contributed by atoms with van der Waals surface area (Å²) in [6.07, 6.45) is 3.70. The molecule has 31 heavy (non-hydrogen) atoms. The van der Waals surface area contributed by atoms with Crippen molar-refractivity contribution in [2.24, 2.45) is 0 Å². The van der Waals surface area contributed by atoms with Crippen LogP contribution in [0.3, 0.4) is 0 Å². The molecule has 6 heteroatoms. The zero-order valence-corrected chi connectivity index (χ0v) is 17.3. The average Bonchev–Trinajstić information content (AvgIpc) is 3.22. The molecule has 5 rings (SSSR count). The highest BCUT2D eigenvalue weighted by molar-refractivity contribution is 6.05. The Labute approximate surface area is 181 Å². The number of piperazine rings is 1. The highest BCUT2D eigenvalue weighted by atomic mass is 16.1. The number of amides is 1. The predicted molar refractivity (Wildman–Crippen MR) is 124 cm³/mol. The highest BCUT2D eigenvalue weighted by Crippen LogP contribution is 2.22. The maximum absolute atomic E-state index is 12.4. The topological polar surface area (TPSA) is 64.3 Å². The highest BCUT2D eigenvalue weighted by Gasteiger charge is 2.18. The predicted octanol–water partition coefficient (Wildman–Crippen LogP) is 4.14. The summed E-state index contributed by atoms with van der Waals surface area (Å²) < 4.78 is 0. The van der Waals surface area contributed by atoms with E-state index in [0.717, 1.165) is 49.3 Å². The van der Waals surface area contributed by atoms with Gasteiger partial charge in [0.2, 0.25) is 0 Å². The summed E-state index contributed by atoms with van der Waals surface area (Å²) >= 11 is 0. The van der Waals surface area contributed by atoms with Gasteiger partial charge in [0, 0.05) is 78.7 Å². The second-order valence-electron chi connectivity index (χ2n) is 7.89. The summed E-state index contributed by atoms with van der Waals surface area (Å²) in [5.41, 5.74) is 4.98. The number of anilines is 2. The molecule has 0 atom stereocenters. The Kier molecular flexibility index (Phi) is 5.37. The fourth-order valence-electron chi connectivity index (χ4n) is 4.11. The van der Waals surface area contributed by atoms with Gasteiger partial charge < -0.3 is 15.2 Å². The molecular weight excluding hydrogens is 386 g/mol. The fraction of sp³-hybridized carbons (Fsp3) is 0.200. The quantitative estimate of drug-likeness (QED) is 0.518. The van der Waals surface area contributed by atoms with E-state index in [4.69, 9.17) is 0 Å². The summed E-state index contributed by atoms with van der Waals surface area (Å²) in [7, 11) is 0. The molecule has 2 aromatic heterocycles. The van der Waals surface area contributed by atoms with Crippen molar-refractivity contribution in [1.29, 1.82) is 0 Å². The molecule has 0 radical (unpaired) electrons. The van der Waals surface area contributed by atoms with Crippen LogP contribution >= 0.6 is 0 Å². The van der Waals surface area contributed by atoms with Gasteiger partial charge >= 0.3 is 0 Å². The molecule has 0 unspecified atom stereocenters. The van der Waals surface area contributed by atoms with Crippen LogP contribution in [0.4, 0.5) is 11.4 Å². The van der Waals surface area contributed by atoms with Gasteiger partial charge in [0.15, 0.2) is 0 Å². The van der Waals surface area contributed by atoms with E-state index in [-0.39, 0.29) is 5.91 Å². The van der Waals surface area contributed by atoms with Crippen molar-refractivity contribution in [2.75, 3.05) is 36.4 Å². The van der Waals surface area contributed by atoms with E-state index >= 15 is 0 Å². The smallest absolute Gasteiger partial charge is 0.255 e. The lowest BCUT2D eigenvalue weighted by atomic mass is 10.2. The van der Waals surface area contributed by atoms with Gasteiger partial charge in [-0.25, -0.2) is 0 Å². The van der Waals surface area contributed by atoms with Crippen LogP contribution in [0.25, 0.3) is 10.9 Å². The van der Waals surface area contributed by atoms with E-state index in [1.54, 1.807) is 0 Å². The Morgan fingerprint density at radius 2 is 1.71 bits per heavy atom. The van der Waals surface area contributed by atoms with E-state index in [2.05, 4.69) is 43.3 Å². The zero-order valence-electron chi connectivity index (χ0n) is 17.3. The van der Waals surface area contributed by atoms with E-state index in [9.17, 15) is 4.79 Å². The Hall–Kier alpha value is -3.64. The van der Waals surface area contributed by atoms with Crippen molar-refractivity contribution >= 4 is 28.2 Å². The normalized spacial score (nSPS) is 14.6. The third kappa shape index (κ3) is 4.44. The fourth-order valence-corrected chi connectivity index (χ4v) is 4.11. The third-order valence-corrected chi connectivity index (χ3v) is 5.76. The minimum absolute atomic E-state index is 0.0947. The standard InChI is InChI=1S/C25H25N5O/c31-25(19-4-2-1-3-5-19)28-21-6-7-24-20(16-21)17-22(27-24)18-29-12-14-30(15-13-29)23-8-10-26-11-9-23/h1-11,16-17,27H,12-15,18H2,(H,28,31). The van der Waals surface area contributed by atoms with Crippen LogP contribution in [-0.4, -0.2) is 47.0 Å². The molecule has 3 heterocycles. The number of hydrogen-bond acceptors (Lipinski definition) is 4. The molecule has 1 fully saturated rings. The Bertz CT molecular complexity index is 1160. The van der Waals surface area contributed by atoms with Crippen LogP contribution in [0.15, 0.2) is 79.1 Å². The van der Waals surface area contributed by atoms with Gasteiger partial charge in [0.1, 0.15) is 0 Å². The van der Waals surface area contributed by atoms with Crippen LogP contribution < -0.4 is 10.2 Å². The number of carbonyl (C=O) groups excluding carboxylic acids is 1. The first-order chi connectivity index (χ1) is 15.2. The van der Waals surface area contributed by atoms with Gasteiger partial charge in [0.05, 0.1) is 0 Å². The Balaban J connectivity index is 1.22. The maximum atomic E-state index is 12.4. The maximum Gasteiger partial charge on any atom is 0.255 e. The zero-order chi connectivity index (χ0) is 21.0. The number of aromatic amines is 1. The van der Waals surface area contributed by atoms with Gasteiger partial charge in [-0.3, -0.25) is 14.7 Å². The minimum Gasteiger partial charge on any atom is -0.369 e. The first kappa shape index (κ1) is 19.3. The second kappa shape index (κ2) is 8.62. The van der Waals surface area contributed by atoms with Crippen LogP contribution in [0.5, 0.6) is 0 Å². The van der Waals surface area contributed by atoms with E-state index in [0.29, 0.717) is 5.56 Å². The molecule has 4 aromatic rings.